The van der Waals surface area contributed by atoms with E-state index in [1.807, 2.05) is 22.7 Å². The van der Waals surface area contributed by atoms with Crippen molar-refractivity contribution in [1.82, 2.24) is 0 Å². The Hall–Kier alpha value is -2.56. The van der Waals surface area contributed by atoms with E-state index in [9.17, 15) is 0 Å². The molecule has 6 aromatic rings. The first-order valence-corrected chi connectivity index (χ1v) is 27.9. The average Bonchev–Trinajstić information content (AvgIpc) is 4.03. The standard InChI is InChI=1S/C46H38S2Si.2ClH.Zr/c1-3-11-29(12-4-1)45-33-17-7-15-31(33)23-35-39(45)25-37(43-19-9-21-47-43)41(35)27-49-28-42-36-24-32-16-8-18-34(32)46(30-13-5-2-6-14-30)40(36)26-38(42)44-20-10-22-48-44;;;/h1-6,9-14,19-26,41-42H,7-8,15-18,27-28H2;2*1H;/q;;;+2/p-2. The summed E-state index contributed by atoms with van der Waals surface area (Å²) in [5.74, 6) is 0.908. The van der Waals surface area contributed by atoms with Gasteiger partial charge in [0, 0.05) is 31.1 Å². The molecule has 0 bridgehead atoms. The minimum absolute atomic E-state index is 0.454. The molecule has 0 fully saturated rings. The monoisotopic (exact) mass is 842 g/mol. The molecule has 0 aliphatic heterocycles. The van der Waals surface area contributed by atoms with E-state index in [1.165, 1.54) is 93.7 Å². The molecule has 4 aliphatic carbocycles. The van der Waals surface area contributed by atoms with Crippen molar-refractivity contribution in [3.05, 3.63) is 162 Å². The number of allylic oxidation sites excluding steroid dienone is 2. The normalized spacial score (nSPS) is 17.8. The minimum atomic E-state index is -0.826. The van der Waals surface area contributed by atoms with Crippen molar-refractivity contribution >= 4 is 72.5 Å². The van der Waals surface area contributed by atoms with Crippen LogP contribution in [0.3, 0.4) is 0 Å². The van der Waals surface area contributed by atoms with Crippen LogP contribution in [-0.2, 0) is 46.5 Å². The molecular weight excluding hydrogens is 807 g/mol. The second kappa shape index (κ2) is 15.7. The van der Waals surface area contributed by atoms with E-state index in [0.29, 0.717) is 11.8 Å². The van der Waals surface area contributed by atoms with Crippen LogP contribution >= 0.6 is 39.7 Å². The van der Waals surface area contributed by atoms with E-state index in [1.54, 1.807) is 44.5 Å². The Labute approximate surface area is 337 Å². The third kappa shape index (κ3) is 6.50. The second-order valence-corrected chi connectivity index (χ2v) is 21.2. The second-order valence-electron chi connectivity index (χ2n) is 14.2. The summed E-state index contributed by atoms with van der Waals surface area (Å²) in [6.07, 6.45) is 12.6. The van der Waals surface area contributed by atoms with Gasteiger partial charge in [-0.3, -0.25) is 0 Å². The number of halogens is 2. The number of thiophene rings is 2. The topological polar surface area (TPSA) is 0 Å². The number of hydrogen-bond donors (Lipinski definition) is 0. The third-order valence-corrected chi connectivity index (χ3v) is 14.7. The van der Waals surface area contributed by atoms with Crippen molar-refractivity contribution in [1.29, 1.82) is 0 Å². The first-order chi connectivity index (χ1) is 25.7. The molecule has 52 heavy (non-hydrogen) atoms. The van der Waals surface area contributed by atoms with Crippen molar-refractivity contribution < 1.29 is 20.8 Å². The Morgan fingerprint density at radius 3 is 1.42 bits per heavy atom. The summed E-state index contributed by atoms with van der Waals surface area (Å²) in [5, 5.41) is 4.51. The molecule has 0 saturated heterocycles. The van der Waals surface area contributed by atoms with Crippen LogP contribution in [0.1, 0.15) is 78.9 Å². The van der Waals surface area contributed by atoms with Gasteiger partial charge in [0.1, 0.15) is 0 Å². The fourth-order valence-corrected chi connectivity index (χ4v) is 12.6. The summed E-state index contributed by atoms with van der Waals surface area (Å²) in [5.41, 5.74) is 21.5. The van der Waals surface area contributed by atoms with Gasteiger partial charge in [-0.1, -0.05) is 97.0 Å². The first-order valence-electron chi connectivity index (χ1n) is 18.4. The Morgan fingerprint density at radius 2 is 1.02 bits per heavy atom. The SMILES string of the molecule is C1=C(c2cccs2)C(C[Si]CC2C(c3cccs3)=Cc3c2cc2c(c3-c3ccccc3)CCC2)c2cc3c(c(-c4ccccc4)c21)CCC3.[Cl][Zr][Cl]. The van der Waals surface area contributed by atoms with Gasteiger partial charge in [0.05, 0.1) is 0 Å². The van der Waals surface area contributed by atoms with E-state index in [0.717, 1.165) is 9.52 Å². The number of rotatable bonds is 8. The first kappa shape index (κ1) is 35.2. The molecule has 0 spiro atoms. The molecule has 4 aromatic carbocycles. The van der Waals surface area contributed by atoms with Crippen LogP contribution in [0.2, 0.25) is 12.1 Å². The quantitative estimate of drug-likeness (QED) is 0.134. The summed E-state index contributed by atoms with van der Waals surface area (Å²) in [4.78, 5) is 2.89. The molecule has 2 unspecified atom stereocenters. The van der Waals surface area contributed by atoms with Gasteiger partial charge in [0.15, 0.2) is 0 Å². The van der Waals surface area contributed by atoms with Crippen molar-refractivity contribution in [2.75, 3.05) is 0 Å². The third-order valence-electron chi connectivity index (χ3n) is 11.5. The van der Waals surface area contributed by atoms with Gasteiger partial charge >= 0.3 is 37.9 Å². The molecule has 0 saturated carbocycles. The Balaban J connectivity index is 0.00000116. The van der Waals surface area contributed by atoms with Crippen LogP contribution in [0, 0.1) is 0 Å². The molecule has 0 amide bonds. The van der Waals surface area contributed by atoms with Crippen molar-refractivity contribution in [2.24, 2.45) is 0 Å². The van der Waals surface area contributed by atoms with Gasteiger partial charge in [0.25, 0.3) is 0 Å². The number of benzene rings is 4. The van der Waals surface area contributed by atoms with Gasteiger partial charge < -0.3 is 0 Å². The molecule has 0 N–H and O–H groups in total. The summed E-state index contributed by atoms with van der Waals surface area (Å²) in [6.45, 7) is 0. The van der Waals surface area contributed by atoms with E-state index >= 15 is 0 Å². The van der Waals surface area contributed by atoms with Crippen LogP contribution in [0.5, 0.6) is 0 Å². The number of aryl methyl sites for hydroxylation is 2. The average molecular weight is 845 g/mol. The van der Waals surface area contributed by atoms with Crippen molar-refractivity contribution in [2.45, 2.75) is 62.4 Å². The predicted octanol–water partition coefficient (Wildman–Crippen LogP) is 14.0. The van der Waals surface area contributed by atoms with Crippen LogP contribution < -0.4 is 0 Å². The Kier molecular flexibility index (Phi) is 10.6. The summed E-state index contributed by atoms with van der Waals surface area (Å²) in [7, 11) is 10.7. The maximum atomic E-state index is 4.93. The van der Waals surface area contributed by atoms with E-state index < -0.39 is 20.8 Å². The zero-order valence-electron chi connectivity index (χ0n) is 28.9. The molecule has 256 valence electrons. The van der Waals surface area contributed by atoms with Crippen LogP contribution in [0.25, 0.3) is 45.6 Å². The van der Waals surface area contributed by atoms with Gasteiger partial charge in [-0.2, -0.15) is 0 Å². The van der Waals surface area contributed by atoms with Gasteiger partial charge in [-0.25, -0.2) is 0 Å². The Morgan fingerprint density at radius 1 is 0.577 bits per heavy atom. The van der Waals surface area contributed by atoms with E-state index in [2.05, 4.69) is 120 Å². The van der Waals surface area contributed by atoms with Gasteiger partial charge in [-0.15, -0.1) is 22.7 Å². The van der Waals surface area contributed by atoms with Crippen molar-refractivity contribution in [3.63, 3.8) is 0 Å². The van der Waals surface area contributed by atoms with Crippen LogP contribution in [0.4, 0.5) is 0 Å². The van der Waals surface area contributed by atoms with Crippen molar-refractivity contribution in [3.8, 4) is 22.3 Å². The molecule has 10 rings (SSSR count). The molecule has 6 heteroatoms. The maximum absolute atomic E-state index is 4.93. The molecule has 2 radical (unpaired) electrons. The zero-order chi connectivity index (χ0) is 35.0. The summed E-state index contributed by atoms with van der Waals surface area (Å²) in [6, 6.07) is 39.3. The fourth-order valence-electron chi connectivity index (χ4n) is 9.36. The van der Waals surface area contributed by atoms with Crippen LogP contribution in [-0.4, -0.2) is 9.52 Å². The molecule has 0 nitrogen and oxygen atoms in total. The summed E-state index contributed by atoms with van der Waals surface area (Å²) >= 11 is 3.00. The molecule has 2 aromatic heterocycles. The molecule has 2 heterocycles. The van der Waals surface area contributed by atoms with Gasteiger partial charge in [-0.05, 0) is 151 Å². The van der Waals surface area contributed by atoms with E-state index in [4.69, 9.17) is 17.0 Å². The van der Waals surface area contributed by atoms with Crippen LogP contribution in [0.15, 0.2) is 108 Å². The number of fused-ring (bicyclic) bond motifs is 4. The summed E-state index contributed by atoms with van der Waals surface area (Å²) < 4.78 is 0. The number of hydrogen-bond acceptors (Lipinski definition) is 2. The molecular formula is C46H38Cl2S2SiZr. The zero-order valence-corrected chi connectivity index (χ0v) is 35.5. The molecule has 2 atom stereocenters. The fraction of sp³-hybridized carbons (Fsp3) is 0.217. The van der Waals surface area contributed by atoms with Gasteiger partial charge in [0.2, 0.25) is 0 Å². The molecule has 4 aliphatic rings. The van der Waals surface area contributed by atoms with E-state index in [-0.39, 0.29) is 0 Å². The Bertz CT molecular complexity index is 2110. The predicted molar refractivity (Wildman–Crippen MR) is 225 cm³/mol.